The van der Waals surface area contributed by atoms with E-state index in [-0.39, 0.29) is 0 Å². The zero-order valence-corrected chi connectivity index (χ0v) is 12.3. The van der Waals surface area contributed by atoms with Gasteiger partial charge in [-0.05, 0) is 12.1 Å². The molecule has 2 rings (SSSR count). The summed E-state index contributed by atoms with van der Waals surface area (Å²) in [5.74, 6) is 1.32. The number of aromatic nitrogens is 2. The van der Waals surface area contributed by atoms with Gasteiger partial charge in [0.15, 0.2) is 0 Å². The van der Waals surface area contributed by atoms with Crippen LogP contribution in [-0.2, 0) is 10.4 Å². The molecule has 0 fully saturated rings. The second-order valence-corrected chi connectivity index (χ2v) is 4.09. The third-order valence-corrected chi connectivity index (χ3v) is 1.69. The molecule has 2 aromatic rings. The summed E-state index contributed by atoms with van der Waals surface area (Å²) >= 11 is 0. The second-order valence-electron chi connectivity index (χ2n) is 3.19. The van der Waals surface area contributed by atoms with Crippen molar-refractivity contribution in [2.75, 3.05) is 14.2 Å². The molecule has 0 radical (unpaired) electrons. The predicted molar refractivity (Wildman–Crippen MR) is 75.8 cm³/mol. The quantitative estimate of drug-likeness (QED) is 0.800. The molecular formula is C12H16N2O6S. The summed E-state index contributed by atoms with van der Waals surface area (Å²) in [6.45, 7) is 0. The highest BCUT2D eigenvalue weighted by Gasteiger charge is 1.85. The second kappa shape index (κ2) is 10.5. The number of hydrogen-bond donors (Lipinski definition) is 2. The normalized spacial score (nSPS) is 9.33. The Balaban J connectivity index is 0.000000296. The monoisotopic (exact) mass is 316 g/mol. The van der Waals surface area contributed by atoms with Gasteiger partial charge < -0.3 is 9.47 Å². The predicted octanol–water partition coefficient (Wildman–Crippen LogP) is 1.53. The summed E-state index contributed by atoms with van der Waals surface area (Å²) in [6, 6.07) is 11.1. The third-order valence-electron chi connectivity index (χ3n) is 1.69. The first kappa shape index (κ1) is 18.8. The van der Waals surface area contributed by atoms with Gasteiger partial charge in [0, 0.05) is 24.5 Å². The lowest BCUT2D eigenvalue weighted by molar-refractivity contribution is 0.381. The van der Waals surface area contributed by atoms with Crippen molar-refractivity contribution in [3.8, 4) is 11.8 Å². The summed E-state index contributed by atoms with van der Waals surface area (Å²) < 4.78 is 41.2. The van der Waals surface area contributed by atoms with Crippen LogP contribution in [0.4, 0.5) is 0 Å². The summed E-state index contributed by atoms with van der Waals surface area (Å²) in [6.07, 6.45) is 3.39. The van der Waals surface area contributed by atoms with Crippen LogP contribution >= 0.6 is 0 Å². The summed E-state index contributed by atoms with van der Waals surface area (Å²) in [5, 5.41) is 0. The molecule has 0 aromatic carbocycles. The Morgan fingerprint density at radius 1 is 0.857 bits per heavy atom. The van der Waals surface area contributed by atoms with Gasteiger partial charge in [0.2, 0.25) is 11.8 Å². The summed E-state index contributed by atoms with van der Waals surface area (Å²) in [4.78, 5) is 7.75. The fourth-order valence-corrected chi connectivity index (χ4v) is 0.936. The minimum absolute atomic E-state index is 0.660. The highest BCUT2D eigenvalue weighted by atomic mass is 32.3. The molecule has 0 saturated carbocycles. The molecule has 116 valence electrons. The van der Waals surface area contributed by atoms with E-state index in [1.165, 1.54) is 0 Å². The van der Waals surface area contributed by atoms with E-state index in [1.54, 1.807) is 38.7 Å². The molecule has 9 heteroatoms. The maximum absolute atomic E-state index is 8.74. The number of nitrogens with zero attached hydrogens (tertiary/aromatic N) is 2. The fraction of sp³-hybridized carbons (Fsp3) is 0.167. The van der Waals surface area contributed by atoms with E-state index in [1.807, 2.05) is 24.3 Å². The smallest absolute Gasteiger partial charge is 0.394 e. The van der Waals surface area contributed by atoms with E-state index >= 15 is 0 Å². The number of ether oxygens (including phenoxy) is 2. The molecule has 8 nitrogen and oxygen atoms in total. The van der Waals surface area contributed by atoms with Crippen molar-refractivity contribution in [2.24, 2.45) is 0 Å². The van der Waals surface area contributed by atoms with Gasteiger partial charge in [-0.2, -0.15) is 8.42 Å². The Labute approximate surface area is 123 Å². The van der Waals surface area contributed by atoms with Crippen molar-refractivity contribution in [2.45, 2.75) is 0 Å². The van der Waals surface area contributed by atoms with Crippen molar-refractivity contribution in [3.63, 3.8) is 0 Å². The molecule has 2 N–H and O–H groups in total. The maximum Gasteiger partial charge on any atom is 0.394 e. The Hall–Kier alpha value is -2.23. The van der Waals surface area contributed by atoms with Crippen molar-refractivity contribution in [1.82, 2.24) is 9.97 Å². The van der Waals surface area contributed by atoms with Crippen molar-refractivity contribution in [1.29, 1.82) is 0 Å². The van der Waals surface area contributed by atoms with Gasteiger partial charge >= 0.3 is 10.4 Å². The lowest BCUT2D eigenvalue weighted by Gasteiger charge is -1.92. The van der Waals surface area contributed by atoms with Gasteiger partial charge in [-0.3, -0.25) is 9.11 Å². The molecule has 0 amide bonds. The molecule has 0 unspecified atom stereocenters. The molecule has 2 heterocycles. The Kier molecular flexibility index (Phi) is 9.43. The minimum Gasteiger partial charge on any atom is -0.481 e. The molecule has 0 aliphatic heterocycles. The highest BCUT2D eigenvalue weighted by molar-refractivity contribution is 7.79. The third kappa shape index (κ3) is 14.0. The van der Waals surface area contributed by atoms with Gasteiger partial charge in [0.05, 0.1) is 14.2 Å². The average Bonchev–Trinajstić information content (AvgIpc) is 2.48. The zero-order valence-electron chi connectivity index (χ0n) is 11.4. The van der Waals surface area contributed by atoms with E-state index in [0.29, 0.717) is 11.8 Å². The van der Waals surface area contributed by atoms with Gasteiger partial charge in [-0.25, -0.2) is 9.97 Å². The summed E-state index contributed by atoms with van der Waals surface area (Å²) in [7, 11) is -1.47. The minimum atomic E-state index is -4.67. The Morgan fingerprint density at radius 3 is 1.33 bits per heavy atom. The lowest BCUT2D eigenvalue weighted by atomic mass is 10.5. The van der Waals surface area contributed by atoms with Crippen LogP contribution in [0, 0.1) is 0 Å². The van der Waals surface area contributed by atoms with Gasteiger partial charge in [-0.1, -0.05) is 12.1 Å². The first-order valence-corrected chi connectivity index (χ1v) is 6.86. The Morgan fingerprint density at radius 2 is 1.19 bits per heavy atom. The first-order chi connectivity index (χ1) is 9.86. The van der Waals surface area contributed by atoms with E-state index in [9.17, 15) is 0 Å². The number of rotatable bonds is 2. The average molecular weight is 316 g/mol. The molecule has 21 heavy (non-hydrogen) atoms. The Bertz CT molecular complexity index is 530. The van der Waals surface area contributed by atoms with Crippen molar-refractivity contribution >= 4 is 10.4 Å². The lowest BCUT2D eigenvalue weighted by Crippen LogP contribution is -1.89. The summed E-state index contributed by atoms with van der Waals surface area (Å²) in [5.41, 5.74) is 0. The molecule has 0 atom stereocenters. The van der Waals surface area contributed by atoms with Crippen LogP contribution in [0.3, 0.4) is 0 Å². The van der Waals surface area contributed by atoms with Gasteiger partial charge in [0.1, 0.15) is 0 Å². The van der Waals surface area contributed by atoms with Crippen molar-refractivity contribution < 1.29 is 27.0 Å². The van der Waals surface area contributed by atoms with E-state index in [2.05, 4.69) is 9.97 Å². The number of pyridine rings is 2. The van der Waals surface area contributed by atoms with Crippen LogP contribution in [0.25, 0.3) is 0 Å². The van der Waals surface area contributed by atoms with Crippen LogP contribution in [0.1, 0.15) is 0 Å². The fourth-order valence-electron chi connectivity index (χ4n) is 0.936. The molecular weight excluding hydrogens is 300 g/mol. The van der Waals surface area contributed by atoms with E-state index in [0.717, 1.165) is 0 Å². The topological polar surface area (TPSA) is 119 Å². The molecule has 0 bridgehead atoms. The highest BCUT2D eigenvalue weighted by Crippen LogP contribution is 2.00. The molecule has 2 aromatic heterocycles. The molecule has 0 spiro atoms. The van der Waals surface area contributed by atoms with Crippen LogP contribution in [0.5, 0.6) is 11.8 Å². The van der Waals surface area contributed by atoms with Crippen LogP contribution < -0.4 is 9.47 Å². The first-order valence-electron chi connectivity index (χ1n) is 5.46. The molecule has 0 saturated heterocycles. The maximum atomic E-state index is 8.74. The van der Waals surface area contributed by atoms with Gasteiger partial charge in [0.25, 0.3) is 0 Å². The van der Waals surface area contributed by atoms with Crippen LogP contribution in [0.2, 0.25) is 0 Å². The number of hydrogen-bond acceptors (Lipinski definition) is 6. The molecule has 0 aliphatic carbocycles. The van der Waals surface area contributed by atoms with E-state index < -0.39 is 10.4 Å². The van der Waals surface area contributed by atoms with Crippen LogP contribution in [0.15, 0.2) is 48.8 Å². The van der Waals surface area contributed by atoms with E-state index in [4.69, 9.17) is 27.0 Å². The van der Waals surface area contributed by atoms with Crippen molar-refractivity contribution in [3.05, 3.63) is 48.8 Å². The largest absolute Gasteiger partial charge is 0.481 e. The SMILES string of the molecule is COc1ccccn1.COc1ccccn1.O=S(=O)(O)O. The standard InChI is InChI=1S/2C6H7NO.H2O4S/c2*1-8-6-4-2-3-5-7-6;1-5(2,3)4/h2*2-5H,1H3;(H2,1,2,3,4). The molecule has 0 aliphatic rings. The van der Waals surface area contributed by atoms with Gasteiger partial charge in [-0.15, -0.1) is 0 Å². The van der Waals surface area contributed by atoms with Crippen LogP contribution in [-0.4, -0.2) is 41.7 Å². The zero-order chi connectivity index (χ0) is 16.1. The number of methoxy groups -OCH3 is 2.